The molecule has 4 aromatic rings. The number of nitrogen functional groups attached to an aromatic ring is 1. The normalized spacial score (nSPS) is 13.2. The molecule has 1 aliphatic carbocycles. The number of rotatable bonds is 1. The van der Waals surface area contributed by atoms with Gasteiger partial charge in [-0.25, -0.2) is 9.97 Å². The fraction of sp³-hybridized carbons (Fsp3) is 0.130. The van der Waals surface area contributed by atoms with Gasteiger partial charge in [-0.3, -0.25) is 0 Å². The van der Waals surface area contributed by atoms with Crippen LogP contribution < -0.4 is 5.73 Å². The van der Waals surface area contributed by atoms with Gasteiger partial charge in [-0.1, -0.05) is 54.6 Å². The lowest BCUT2D eigenvalue weighted by Crippen LogP contribution is -2.14. The van der Waals surface area contributed by atoms with Crippen molar-refractivity contribution < 1.29 is 13.2 Å². The molecule has 3 nitrogen and oxygen atoms in total. The molecule has 144 valence electrons. The van der Waals surface area contributed by atoms with Crippen molar-refractivity contribution in [3.63, 3.8) is 0 Å². The van der Waals surface area contributed by atoms with Gasteiger partial charge in [-0.15, -0.1) is 0 Å². The van der Waals surface area contributed by atoms with Crippen LogP contribution in [0, 0.1) is 0 Å². The van der Waals surface area contributed by atoms with Crippen molar-refractivity contribution in [2.45, 2.75) is 19.0 Å². The SMILES string of the molecule is Nc1c2c(nc3nc(-c4ccccc4)cc(C(F)(F)F)c13)-c1ccccc1CC2. The monoisotopic (exact) mass is 391 g/mol. The summed E-state index contributed by atoms with van der Waals surface area (Å²) in [7, 11) is 0. The average Bonchev–Trinajstić information content (AvgIpc) is 2.73. The van der Waals surface area contributed by atoms with Crippen molar-refractivity contribution in [3.8, 4) is 22.5 Å². The number of halogens is 3. The third-order valence-electron chi connectivity index (χ3n) is 5.39. The maximum atomic E-state index is 14.0. The minimum Gasteiger partial charge on any atom is -0.398 e. The Morgan fingerprint density at radius 2 is 1.59 bits per heavy atom. The molecule has 0 aliphatic heterocycles. The Hall–Kier alpha value is -3.41. The van der Waals surface area contributed by atoms with Gasteiger partial charge in [0.25, 0.3) is 0 Å². The molecule has 6 heteroatoms. The summed E-state index contributed by atoms with van der Waals surface area (Å²) in [5, 5.41) is -0.115. The first-order valence-electron chi connectivity index (χ1n) is 9.27. The Labute approximate surface area is 165 Å². The van der Waals surface area contributed by atoms with Crippen molar-refractivity contribution >= 4 is 16.7 Å². The van der Waals surface area contributed by atoms with E-state index in [0.717, 1.165) is 23.6 Å². The number of alkyl halides is 3. The van der Waals surface area contributed by atoms with Gasteiger partial charge >= 0.3 is 6.18 Å². The van der Waals surface area contributed by atoms with Gasteiger partial charge < -0.3 is 5.73 Å². The number of aromatic nitrogens is 2. The van der Waals surface area contributed by atoms with Crippen LogP contribution in [0.15, 0.2) is 60.7 Å². The molecule has 0 radical (unpaired) electrons. The molecule has 2 aromatic carbocycles. The number of benzene rings is 2. The summed E-state index contributed by atoms with van der Waals surface area (Å²) >= 11 is 0. The van der Waals surface area contributed by atoms with Gasteiger partial charge in [0.05, 0.1) is 22.3 Å². The summed E-state index contributed by atoms with van der Waals surface area (Å²) in [4.78, 5) is 9.06. The van der Waals surface area contributed by atoms with Crippen LogP contribution in [0.25, 0.3) is 33.5 Å². The molecule has 2 heterocycles. The quantitative estimate of drug-likeness (QED) is 0.455. The maximum absolute atomic E-state index is 14.0. The van der Waals surface area contributed by atoms with Crippen LogP contribution in [0.2, 0.25) is 0 Å². The lowest BCUT2D eigenvalue weighted by molar-refractivity contribution is -0.136. The molecule has 0 atom stereocenters. The average molecular weight is 391 g/mol. The van der Waals surface area contributed by atoms with E-state index in [2.05, 4.69) is 9.97 Å². The number of hydrogen-bond acceptors (Lipinski definition) is 3. The molecule has 29 heavy (non-hydrogen) atoms. The van der Waals surface area contributed by atoms with Crippen LogP contribution in [0.5, 0.6) is 0 Å². The van der Waals surface area contributed by atoms with E-state index in [4.69, 9.17) is 5.73 Å². The van der Waals surface area contributed by atoms with Crippen LogP contribution in [-0.2, 0) is 19.0 Å². The Bertz CT molecular complexity index is 1250. The molecule has 0 saturated heterocycles. The summed E-state index contributed by atoms with van der Waals surface area (Å²) in [6.07, 6.45) is -3.29. The molecule has 2 aromatic heterocycles. The second-order valence-electron chi connectivity index (χ2n) is 7.13. The predicted octanol–water partition coefficient (Wildman–Crippen LogP) is 5.66. The van der Waals surface area contributed by atoms with Gasteiger partial charge in [0.15, 0.2) is 5.65 Å². The molecule has 1 aliphatic rings. The molecular formula is C23H16F3N3. The maximum Gasteiger partial charge on any atom is 0.417 e. The van der Waals surface area contributed by atoms with Crippen LogP contribution in [0.4, 0.5) is 18.9 Å². The second-order valence-corrected chi connectivity index (χ2v) is 7.13. The van der Waals surface area contributed by atoms with Crippen molar-refractivity contribution in [1.29, 1.82) is 0 Å². The molecular weight excluding hydrogens is 375 g/mol. The number of anilines is 1. The summed E-state index contributed by atoms with van der Waals surface area (Å²) < 4.78 is 41.9. The molecule has 5 rings (SSSR count). The zero-order chi connectivity index (χ0) is 20.2. The molecule has 0 spiro atoms. The Morgan fingerprint density at radius 1 is 0.862 bits per heavy atom. The highest BCUT2D eigenvalue weighted by atomic mass is 19.4. The van der Waals surface area contributed by atoms with Crippen molar-refractivity contribution in [1.82, 2.24) is 9.97 Å². The zero-order valence-electron chi connectivity index (χ0n) is 15.3. The van der Waals surface area contributed by atoms with Gasteiger partial charge in [0, 0.05) is 22.4 Å². The number of nitrogens with zero attached hydrogens (tertiary/aromatic N) is 2. The smallest absolute Gasteiger partial charge is 0.398 e. The third kappa shape index (κ3) is 2.83. The lowest BCUT2D eigenvalue weighted by atomic mass is 9.87. The number of nitrogens with two attached hydrogens (primary N) is 1. The molecule has 2 N–H and O–H groups in total. The van der Waals surface area contributed by atoms with Crippen LogP contribution in [0.3, 0.4) is 0 Å². The van der Waals surface area contributed by atoms with Gasteiger partial charge in [0.1, 0.15) is 0 Å². The summed E-state index contributed by atoms with van der Waals surface area (Å²) in [6.45, 7) is 0. The topological polar surface area (TPSA) is 51.8 Å². The zero-order valence-corrected chi connectivity index (χ0v) is 15.3. The fourth-order valence-electron chi connectivity index (χ4n) is 4.02. The number of hydrogen-bond donors (Lipinski definition) is 1. The minimum absolute atomic E-state index is 0.0200. The summed E-state index contributed by atoms with van der Waals surface area (Å²) in [6, 6.07) is 17.6. The van der Waals surface area contributed by atoms with Crippen LogP contribution in [0.1, 0.15) is 16.7 Å². The summed E-state index contributed by atoms with van der Waals surface area (Å²) in [5.41, 5.74) is 9.78. The van der Waals surface area contributed by atoms with E-state index >= 15 is 0 Å². The molecule has 0 amide bonds. The fourth-order valence-corrected chi connectivity index (χ4v) is 4.02. The van der Waals surface area contributed by atoms with E-state index in [0.29, 0.717) is 23.2 Å². The Kier molecular flexibility index (Phi) is 3.84. The van der Waals surface area contributed by atoms with E-state index < -0.39 is 11.7 Å². The lowest BCUT2D eigenvalue weighted by Gasteiger charge is -2.23. The van der Waals surface area contributed by atoms with Crippen molar-refractivity contribution in [3.05, 3.63) is 77.4 Å². The van der Waals surface area contributed by atoms with Gasteiger partial charge in [-0.2, -0.15) is 13.2 Å². The highest BCUT2D eigenvalue weighted by Gasteiger charge is 2.36. The summed E-state index contributed by atoms with van der Waals surface area (Å²) in [5.74, 6) is 0. The standard InChI is InChI=1S/C23H16F3N3/c24-23(25,26)17-12-18(14-7-2-1-3-8-14)28-22-19(17)20(27)16-11-10-13-6-4-5-9-15(13)21(16)29-22/h1-9,12H,10-11H2,(H2,27,28,29). The highest BCUT2D eigenvalue weighted by Crippen LogP contribution is 2.43. The number of aryl methyl sites for hydroxylation is 1. The largest absolute Gasteiger partial charge is 0.417 e. The van der Waals surface area contributed by atoms with E-state index in [1.807, 2.05) is 24.3 Å². The van der Waals surface area contributed by atoms with Crippen LogP contribution in [-0.4, -0.2) is 9.97 Å². The first-order valence-corrected chi connectivity index (χ1v) is 9.27. The van der Waals surface area contributed by atoms with Gasteiger partial charge in [-0.05, 0) is 24.5 Å². The second kappa shape index (κ2) is 6.30. The Morgan fingerprint density at radius 3 is 2.34 bits per heavy atom. The minimum atomic E-state index is -4.57. The van der Waals surface area contributed by atoms with Crippen LogP contribution >= 0.6 is 0 Å². The first-order chi connectivity index (χ1) is 13.9. The van der Waals surface area contributed by atoms with Gasteiger partial charge in [0.2, 0.25) is 0 Å². The Balaban J connectivity index is 1.87. The third-order valence-corrected chi connectivity index (χ3v) is 5.39. The number of pyridine rings is 2. The predicted molar refractivity (Wildman–Crippen MR) is 107 cm³/mol. The molecule has 0 unspecified atom stereocenters. The van der Waals surface area contributed by atoms with E-state index in [-0.39, 0.29) is 22.4 Å². The number of fused-ring (bicyclic) bond motifs is 4. The van der Waals surface area contributed by atoms with E-state index in [1.165, 1.54) is 0 Å². The molecule has 0 fully saturated rings. The van der Waals surface area contributed by atoms with Crippen molar-refractivity contribution in [2.24, 2.45) is 0 Å². The molecule has 0 bridgehead atoms. The van der Waals surface area contributed by atoms with E-state index in [1.54, 1.807) is 30.3 Å². The van der Waals surface area contributed by atoms with Crippen molar-refractivity contribution in [2.75, 3.05) is 5.73 Å². The highest BCUT2D eigenvalue weighted by molar-refractivity contribution is 5.98. The first kappa shape index (κ1) is 17.7. The molecule has 0 saturated carbocycles. The van der Waals surface area contributed by atoms with E-state index in [9.17, 15) is 13.2 Å².